The molecule has 0 amide bonds. The van der Waals surface area contributed by atoms with Crippen molar-refractivity contribution in [2.75, 3.05) is 13.1 Å². The van der Waals surface area contributed by atoms with Gasteiger partial charge in [0.05, 0.1) is 17.3 Å². The number of oxazole rings is 1. The van der Waals surface area contributed by atoms with E-state index in [-0.39, 0.29) is 5.41 Å². The van der Waals surface area contributed by atoms with Crippen LogP contribution in [0.1, 0.15) is 79.6 Å². The zero-order valence-corrected chi connectivity index (χ0v) is 17.9. The van der Waals surface area contributed by atoms with Crippen molar-refractivity contribution in [3.05, 3.63) is 58.9 Å². The van der Waals surface area contributed by atoms with Crippen LogP contribution < -0.4 is 0 Å². The molecule has 2 fully saturated rings. The fraction of sp³-hybridized carbons (Fsp3) is 0.500. The molecule has 30 heavy (non-hydrogen) atoms. The zero-order valence-electron chi connectivity index (χ0n) is 17.9. The van der Waals surface area contributed by atoms with Crippen LogP contribution >= 0.6 is 0 Å². The van der Waals surface area contributed by atoms with Gasteiger partial charge >= 0.3 is 0 Å². The molecule has 0 unspecified atom stereocenters. The minimum atomic E-state index is 0.176. The van der Waals surface area contributed by atoms with Crippen LogP contribution in [0.3, 0.4) is 0 Å². The van der Waals surface area contributed by atoms with Crippen LogP contribution in [0.25, 0.3) is 16.6 Å². The Balaban J connectivity index is 1.55. The number of hydrogen-bond acceptors (Lipinski definition) is 3. The summed E-state index contributed by atoms with van der Waals surface area (Å²) in [6.45, 7) is 6.90. The molecule has 2 aromatic heterocycles. The van der Waals surface area contributed by atoms with Crippen LogP contribution in [0.2, 0.25) is 0 Å². The quantitative estimate of drug-likeness (QED) is 0.557. The number of rotatable bonds is 3. The molecule has 0 spiro atoms. The molecule has 0 N–H and O–H groups in total. The van der Waals surface area contributed by atoms with E-state index in [9.17, 15) is 0 Å². The van der Waals surface area contributed by atoms with E-state index < -0.39 is 0 Å². The van der Waals surface area contributed by atoms with Crippen LogP contribution in [-0.4, -0.2) is 27.5 Å². The van der Waals surface area contributed by atoms with Gasteiger partial charge in [-0.3, -0.25) is 4.90 Å². The Morgan fingerprint density at radius 1 is 1.20 bits per heavy atom. The van der Waals surface area contributed by atoms with Crippen molar-refractivity contribution in [3.63, 3.8) is 0 Å². The van der Waals surface area contributed by atoms with Crippen LogP contribution in [0.5, 0.6) is 0 Å². The van der Waals surface area contributed by atoms with Crippen molar-refractivity contribution >= 4 is 16.6 Å². The van der Waals surface area contributed by atoms with Gasteiger partial charge in [-0.1, -0.05) is 25.1 Å². The smallest absolute Gasteiger partial charge is 0.243 e. The van der Waals surface area contributed by atoms with Gasteiger partial charge in [0.2, 0.25) is 5.89 Å². The summed E-state index contributed by atoms with van der Waals surface area (Å²) in [5.74, 6) is 2.53. The van der Waals surface area contributed by atoms with Crippen LogP contribution in [0, 0.1) is 12.3 Å². The van der Waals surface area contributed by atoms with E-state index in [0.29, 0.717) is 12.0 Å². The van der Waals surface area contributed by atoms with Crippen LogP contribution in [0.4, 0.5) is 0 Å². The molecule has 1 saturated carbocycles. The van der Waals surface area contributed by atoms with Crippen molar-refractivity contribution in [2.24, 2.45) is 5.41 Å². The van der Waals surface area contributed by atoms with Gasteiger partial charge in [-0.2, -0.15) is 0 Å². The summed E-state index contributed by atoms with van der Waals surface area (Å²) >= 11 is 0. The maximum atomic E-state index is 6.49. The molecule has 1 aliphatic carbocycles. The molecule has 3 aromatic rings. The first-order chi connectivity index (χ1) is 14.7. The molecule has 5 heterocycles. The fourth-order valence-electron chi connectivity index (χ4n) is 6.68. The average molecular weight is 400 g/mol. The van der Waals surface area contributed by atoms with Crippen LogP contribution in [-0.2, 0) is 6.42 Å². The third-order valence-electron chi connectivity index (χ3n) is 8.25. The maximum Gasteiger partial charge on any atom is 0.243 e. The highest BCUT2D eigenvalue weighted by atomic mass is 16.4. The molecule has 0 radical (unpaired) electrons. The summed E-state index contributed by atoms with van der Waals surface area (Å²) in [7, 11) is 0. The minimum absolute atomic E-state index is 0.176. The topological polar surface area (TPSA) is 34.2 Å². The number of para-hydroxylation sites is 1. The zero-order chi connectivity index (χ0) is 20.0. The Kier molecular flexibility index (Phi) is 3.40. The van der Waals surface area contributed by atoms with E-state index in [4.69, 9.17) is 9.40 Å². The first kappa shape index (κ1) is 17.4. The highest BCUT2D eigenvalue weighted by Crippen LogP contribution is 2.57. The lowest BCUT2D eigenvalue weighted by Crippen LogP contribution is -2.50. The van der Waals surface area contributed by atoms with Gasteiger partial charge in [0.1, 0.15) is 11.5 Å². The maximum absolute atomic E-state index is 6.49. The lowest BCUT2D eigenvalue weighted by molar-refractivity contribution is 0.0269. The average Bonchev–Trinajstić information content (AvgIpc) is 3.46. The molecular weight excluding hydrogens is 370 g/mol. The summed E-state index contributed by atoms with van der Waals surface area (Å²) in [6, 6.07) is 9.44. The summed E-state index contributed by atoms with van der Waals surface area (Å²) in [5, 5.41) is 1.42. The second kappa shape index (κ2) is 5.88. The number of aromatic nitrogens is 2. The molecule has 0 bridgehead atoms. The Hall–Kier alpha value is -2.33. The molecule has 7 rings (SSSR count). The molecular formula is C26H29N3O. The van der Waals surface area contributed by atoms with E-state index in [0.717, 1.165) is 30.2 Å². The molecule has 4 aliphatic rings. The number of hydrogen-bond donors (Lipinski definition) is 0. The highest BCUT2D eigenvalue weighted by Gasteiger charge is 2.51. The standard InChI is InChI=1S/C26H29N3O/c1-3-26-12-6-13-28-14-11-19-18-7-4-5-8-20(18)29(22(19)24(26)28)21(15-26)25-27-16(2)23(30-25)17-9-10-17/h4-5,7-8,15,17,24H,3,6,9-14H2,1-2H3/t24-,26+/m1/s1. The Bertz CT molecular complexity index is 1210. The van der Waals surface area contributed by atoms with Gasteiger partial charge in [0.25, 0.3) is 0 Å². The third kappa shape index (κ3) is 2.13. The highest BCUT2D eigenvalue weighted by molar-refractivity contribution is 5.91. The summed E-state index contributed by atoms with van der Waals surface area (Å²) in [5.41, 5.74) is 6.83. The molecule has 1 saturated heterocycles. The third-order valence-corrected chi connectivity index (χ3v) is 8.25. The van der Waals surface area contributed by atoms with Crippen molar-refractivity contribution in [1.29, 1.82) is 0 Å². The normalized spacial score (nSPS) is 27.9. The molecule has 4 heteroatoms. The summed E-state index contributed by atoms with van der Waals surface area (Å²) in [6.07, 6.45) is 9.88. The van der Waals surface area contributed by atoms with E-state index in [1.54, 1.807) is 5.56 Å². The van der Waals surface area contributed by atoms with E-state index in [1.807, 2.05) is 0 Å². The van der Waals surface area contributed by atoms with Crippen molar-refractivity contribution in [1.82, 2.24) is 14.5 Å². The Labute approximate surface area is 177 Å². The molecule has 154 valence electrons. The summed E-state index contributed by atoms with van der Waals surface area (Å²) in [4.78, 5) is 7.74. The molecule has 1 aromatic carbocycles. The van der Waals surface area contributed by atoms with E-state index in [2.05, 4.69) is 53.7 Å². The van der Waals surface area contributed by atoms with Crippen molar-refractivity contribution < 1.29 is 4.42 Å². The van der Waals surface area contributed by atoms with Gasteiger partial charge in [0, 0.05) is 29.0 Å². The molecule has 4 nitrogen and oxygen atoms in total. The van der Waals surface area contributed by atoms with Gasteiger partial charge in [-0.25, -0.2) is 4.98 Å². The monoisotopic (exact) mass is 399 g/mol. The van der Waals surface area contributed by atoms with E-state index in [1.165, 1.54) is 61.1 Å². The molecule has 3 aliphatic heterocycles. The predicted molar refractivity (Wildman–Crippen MR) is 119 cm³/mol. The second-order valence-corrected chi connectivity index (χ2v) is 9.87. The number of nitrogens with zero attached hydrogens (tertiary/aromatic N) is 3. The van der Waals surface area contributed by atoms with Gasteiger partial charge < -0.3 is 8.98 Å². The second-order valence-electron chi connectivity index (χ2n) is 9.87. The number of aryl methyl sites for hydroxylation is 1. The first-order valence-electron chi connectivity index (χ1n) is 11.8. The van der Waals surface area contributed by atoms with Crippen LogP contribution in [0.15, 0.2) is 34.8 Å². The van der Waals surface area contributed by atoms with E-state index >= 15 is 0 Å². The lowest BCUT2D eigenvalue weighted by atomic mass is 9.66. The SMILES string of the molecule is CC[C@@]12C=C(c3nc(C)c(C4CC4)o3)n3c4c(c5ccccc53)CCN(CCC1)[C@H]42. The van der Waals surface area contributed by atoms with Crippen molar-refractivity contribution in [3.8, 4) is 0 Å². The Morgan fingerprint density at radius 2 is 2.07 bits per heavy atom. The number of benzene rings is 1. The Morgan fingerprint density at radius 3 is 2.90 bits per heavy atom. The number of piperidine rings is 1. The lowest BCUT2D eigenvalue weighted by Gasteiger charge is -2.53. The largest absolute Gasteiger partial charge is 0.439 e. The summed E-state index contributed by atoms with van der Waals surface area (Å²) < 4.78 is 9.01. The molecule has 2 atom stereocenters. The van der Waals surface area contributed by atoms with Gasteiger partial charge in [-0.05, 0) is 69.7 Å². The first-order valence-corrected chi connectivity index (χ1v) is 11.8. The fourth-order valence-corrected chi connectivity index (χ4v) is 6.68. The van der Waals surface area contributed by atoms with Crippen molar-refractivity contribution in [2.45, 2.75) is 64.3 Å². The van der Waals surface area contributed by atoms with Gasteiger partial charge in [-0.15, -0.1) is 0 Å². The predicted octanol–water partition coefficient (Wildman–Crippen LogP) is 5.81. The minimum Gasteiger partial charge on any atom is -0.439 e. The van der Waals surface area contributed by atoms with Gasteiger partial charge in [0.15, 0.2) is 0 Å². The number of fused-ring (bicyclic) bond motifs is 3.